The molecule has 2 heteroatoms. The number of carbonyl (C=O) groups is 1. The summed E-state index contributed by atoms with van der Waals surface area (Å²) >= 11 is 0. The van der Waals surface area contributed by atoms with E-state index in [0.717, 1.165) is 12.8 Å². The molecule has 0 amide bonds. The van der Waals surface area contributed by atoms with Crippen LogP contribution in [0.1, 0.15) is 52.9 Å². The van der Waals surface area contributed by atoms with Crippen molar-refractivity contribution in [2.24, 2.45) is 17.3 Å². The second kappa shape index (κ2) is 3.10. The Hall–Kier alpha value is -0.370. The second-order valence-electron chi connectivity index (χ2n) is 6.64. The summed E-state index contributed by atoms with van der Waals surface area (Å²) in [6, 6.07) is 0. The lowest BCUT2D eigenvalue weighted by molar-refractivity contribution is -0.119. The van der Waals surface area contributed by atoms with Crippen molar-refractivity contribution in [2.75, 3.05) is 0 Å². The molecule has 16 heavy (non-hydrogen) atoms. The van der Waals surface area contributed by atoms with E-state index in [2.05, 4.69) is 20.8 Å². The first-order valence-electron chi connectivity index (χ1n) is 6.66. The summed E-state index contributed by atoms with van der Waals surface area (Å²) < 4.78 is 5.62. The molecule has 3 aliphatic rings. The molecule has 1 saturated heterocycles. The topological polar surface area (TPSA) is 29.6 Å². The lowest BCUT2D eigenvalue weighted by atomic mass is 9.84. The first kappa shape index (κ1) is 10.8. The molecular formula is C14H22O2. The minimum Gasteiger partial charge on any atom is -0.367 e. The summed E-state index contributed by atoms with van der Waals surface area (Å²) in [4.78, 5) is 11.6. The molecule has 3 fully saturated rings. The van der Waals surface area contributed by atoms with Crippen molar-refractivity contribution >= 4 is 5.78 Å². The normalized spacial score (nSPS) is 45.3. The zero-order valence-electron chi connectivity index (χ0n) is 10.6. The van der Waals surface area contributed by atoms with Gasteiger partial charge in [-0.2, -0.15) is 0 Å². The van der Waals surface area contributed by atoms with Gasteiger partial charge in [0.25, 0.3) is 0 Å². The SMILES string of the molecule is C[C@H](CC[C@@H]1OC1(C)C)[C@]12CCC(=O)[C@H]1C2. The van der Waals surface area contributed by atoms with Crippen molar-refractivity contribution < 1.29 is 9.53 Å². The predicted octanol–water partition coefficient (Wildman–Crippen LogP) is 2.95. The van der Waals surface area contributed by atoms with E-state index in [1.165, 1.54) is 19.3 Å². The van der Waals surface area contributed by atoms with Gasteiger partial charge in [-0.1, -0.05) is 6.92 Å². The highest BCUT2D eigenvalue weighted by atomic mass is 16.6. The van der Waals surface area contributed by atoms with E-state index in [9.17, 15) is 4.79 Å². The fraction of sp³-hybridized carbons (Fsp3) is 0.929. The van der Waals surface area contributed by atoms with E-state index < -0.39 is 0 Å². The van der Waals surface area contributed by atoms with Gasteiger partial charge in [0.15, 0.2) is 0 Å². The van der Waals surface area contributed by atoms with E-state index in [1.807, 2.05) is 0 Å². The van der Waals surface area contributed by atoms with Crippen LogP contribution in [0.25, 0.3) is 0 Å². The van der Waals surface area contributed by atoms with Gasteiger partial charge in [0.1, 0.15) is 5.78 Å². The van der Waals surface area contributed by atoms with E-state index in [-0.39, 0.29) is 5.60 Å². The van der Waals surface area contributed by atoms with Gasteiger partial charge in [-0.05, 0) is 50.9 Å². The maximum atomic E-state index is 11.6. The number of Topliss-reactive ketones (excluding diaryl/α,β-unsaturated/α-hetero) is 1. The summed E-state index contributed by atoms with van der Waals surface area (Å²) in [5.74, 6) is 1.69. The highest BCUT2D eigenvalue weighted by Gasteiger charge is 2.63. The monoisotopic (exact) mass is 222 g/mol. The molecule has 0 aromatic rings. The highest BCUT2D eigenvalue weighted by Crippen LogP contribution is 2.66. The largest absolute Gasteiger partial charge is 0.367 e. The fourth-order valence-corrected chi connectivity index (χ4v) is 3.78. The van der Waals surface area contributed by atoms with E-state index in [0.29, 0.717) is 29.1 Å². The van der Waals surface area contributed by atoms with Crippen molar-refractivity contribution in [3.63, 3.8) is 0 Å². The molecule has 2 saturated carbocycles. The van der Waals surface area contributed by atoms with Crippen LogP contribution in [0.3, 0.4) is 0 Å². The summed E-state index contributed by atoms with van der Waals surface area (Å²) in [6.45, 7) is 6.67. The Kier molecular flexibility index (Phi) is 2.08. The Morgan fingerprint density at radius 2 is 2.19 bits per heavy atom. The molecule has 0 aromatic carbocycles. The molecule has 4 atom stereocenters. The number of epoxide rings is 1. The fourth-order valence-electron chi connectivity index (χ4n) is 3.78. The third kappa shape index (κ3) is 1.46. The Morgan fingerprint density at radius 3 is 2.62 bits per heavy atom. The molecule has 0 unspecified atom stereocenters. The summed E-state index contributed by atoms with van der Waals surface area (Å²) in [6.07, 6.45) is 6.07. The molecule has 90 valence electrons. The maximum absolute atomic E-state index is 11.6. The molecule has 2 nitrogen and oxygen atoms in total. The van der Waals surface area contributed by atoms with Crippen molar-refractivity contribution in [3.8, 4) is 0 Å². The van der Waals surface area contributed by atoms with Crippen molar-refractivity contribution in [1.82, 2.24) is 0 Å². The van der Waals surface area contributed by atoms with Crippen molar-refractivity contribution in [3.05, 3.63) is 0 Å². The number of rotatable bonds is 4. The number of hydrogen-bond acceptors (Lipinski definition) is 2. The van der Waals surface area contributed by atoms with Gasteiger partial charge in [0, 0.05) is 12.3 Å². The average Bonchev–Trinajstić information content (AvgIpc) is 3.06. The third-order valence-corrected chi connectivity index (χ3v) is 5.35. The highest BCUT2D eigenvalue weighted by molar-refractivity contribution is 5.87. The van der Waals surface area contributed by atoms with E-state index in [1.54, 1.807) is 0 Å². The Labute approximate surface area is 97.7 Å². The summed E-state index contributed by atoms with van der Waals surface area (Å²) in [7, 11) is 0. The standard InChI is InChI=1S/C14H22O2/c1-9(4-5-12-13(2,3)16-12)14-7-6-11(15)10(14)8-14/h9-10,12H,4-8H2,1-3H3/t9-,10-,12+,14-/m1/s1. The number of carbonyl (C=O) groups excluding carboxylic acids is 1. The molecule has 0 N–H and O–H groups in total. The first-order valence-corrected chi connectivity index (χ1v) is 6.66. The molecule has 0 bridgehead atoms. The number of hydrogen-bond donors (Lipinski definition) is 0. The summed E-state index contributed by atoms with van der Waals surface area (Å²) in [5.41, 5.74) is 0.557. The Bertz CT molecular complexity index is 334. The van der Waals surface area contributed by atoms with Gasteiger partial charge in [-0.3, -0.25) is 4.79 Å². The van der Waals surface area contributed by atoms with Crippen LogP contribution in [0.4, 0.5) is 0 Å². The maximum Gasteiger partial charge on any atom is 0.136 e. The zero-order chi connectivity index (χ0) is 11.6. The molecule has 0 spiro atoms. The number of ketones is 1. The van der Waals surface area contributed by atoms with Gasteiger partial charge in [-0.25, -0.2) is 0 Å². The molecular weight excluding hydrogens is 200 g/mol. The second-order valence-corrected chi connectivity index (χ2v) is 6.64. The van der Waals surface area contributed by atoms with Gasteiger partial charge in [-0.15, -0.1) is 0 Å². The average molecular weight is 222 g/mol. The van der Waals surface area contributed by atoms with E-state index in [4.69, 9.17) is 4.74 Å². The van der Waals surface area contributed by atoms with Crippen LogP contribution < -0.4 is 0 Å². The van der Waals surface area contributed by atoms with Gasteiger partial charge >= 0.3 is 0 Å². The van der Waals surface area contributed by atoms with Gasteiger partial charge in [0.2, 0.25) is 0 Å². The Balaban J connectivity index is 1.52. The lowest BCUT2D eigenvalue weighted by Crippen LogP contribution is -2.14. The van der Waals surface area contributed by atoms with Crippen LogP contribution >= 0.6 is 0 Å². The molecule has 3 rings (SSSR count). The summed E-state index contributed by atoms with van der Waals surface area (Å²) in [5, 5.41) is 0. The van der Waals surface area contributed by atoms with Crippen LogP contribution in [0.2, 0.25) is 0 Å². The van der Waals surface area contributed by atoms with Gasteiger partial charge in [0.05, 0.1) is 11.7 Å². The molecule has 1 heterocycles. The number of fused-ring (bicyclic) bond motifs is 1. The quantitative estimate of drug-likeness (QED) is 0.684. The van der Waals surface area contributed by atoms with Gasteiger partial charge < -0.3 is 4.74 Å². The van der Waals surface area contributed by atoms with E-state index >= 15 is 0 Å². The zero-order valence-corrected chi connectivity index (χ0v) is 10.6. The van der Waals surface area contributed by atoms with Crippen LogP contribution in [-0.2, 0) is 9.53 Å². The smallest absolute Gasteiger partial charge is 0.136 e. The lowest BCUT2D eigenvalue weighted by Gasteiger charge is -2.20. The number of ether oxygens (including phenoxy) is 1. The third-order valence-electron chi connectivity index (χ3n) is 5.35. The van der Waals surface area contributed by atoms with Crippen molar-refractivity contribution in [1.29, 1.82) is 0 Å². The minimum absolute atomic E-state index is 0.131. The van der Waals surface area contributed by atoms with Crippen LogP contribution in [0.15, 0.2) is 0 Å². The molecule has 0 radical (unpaired) electrons. The van der Waals surface area contributed by atoms with Crippen LogP contribution in [0, 0.1) is 17.3 Å². The Morgan fingerprint density at radius 1 is 1.50 bits per heavy atom. The van der Waals surface area contributed by atoms with Crippen LogP contribution in [0.5, 0.6) is 0 Å². The molecule has 0 aromatic heterocycles. The van der Waals surface area contributed by atoms with Crippen molar-refractivity contribution in [2.45, 2.75) is 64.6 Å². The van der Waals surface area contributed by atoms with Crippen LogP contribution in [-0.4, -0.2) is 17.5 Å². The molecule has 1 aliphatic heterocycles. The predicted molar refractivity (Wildman–Crippen MR) is 62.1 cm³/mol. The molecule has 2 aliphatic carbocycles. The minimum atomic E-state index is 0.131. The first-order chi connectivity index (χ1) is 7.46.